The summed E-state index contributed by atoms with van der Waals surface area (Å²) in [5, 5.41) is 0. The minimum atomic E-state index is -0.323. The molecule has 0 atom stereocenters. The molecule has 29 heavy (non-hydrogen) atoms. The minimum absolute atomic E-state index is 0.115. The van der Waals surface area contributed by atoms with Crippen LogP contribution in [0, 0.1) is 6.92 Å². The van der Waals surface area contributed by atoms with Gasteiger partial charge in [0.15, 0.2) is 0 Å². The van der Waals surface area contributed by atoms with Crippen LogP contribution < -0.4 is 4.90 Å². The number of piperazine rings is 1. The Bertz CT molecular complexity index is 863. The molecule has 0 N–H and O–H groups in total. The van der Waals surface area contributed by atoms with E-state index in [9.17, 15) is 9.59 Å². The van der Waals surface area contributed by atoms with Gasteiger partial charge in [-0.15, -0.1) is 0 Å². The van der Waals surface area contributed by atoms with Crippen molar-refractivity contribution >= 4 is 23.4 Å². The summed E-state index contributed by atoms with van der Waals surface area (Å²) in [5.74, 6) is -0.115. The van der Waals surface area contributed by atoms with Crippen LogP contribution in [-0.2, 0) is 4.74 Å². The highest BCUT2D eigenvalue weighted by atomic mass is 16.6. The van der Waals surface area contributed by atoms with E-state index in [0.29, 0.717) is 38.5 Å². The second kappa shape index (κ2) is 9.41. The van der Waals surface area contributed by atoms with Crippen LogP contribution in [0.15, 0.2) is 42.6 Å². The van der Waals surface area contributed by atoms with Crippen LogP contribution in [0.3, 0.4) is 0 Å². The number of amides is 2. The highest BCUT2D eigenvalue weighted by molar-refractivity contribution is 5.93. The lowest BCUT2D eigenvalue weighted by atomic mass is 10.2. The van der Waals surface area contributed by atoms with Crippen molar-refractivity contribution in [3.63, 3.8) is 0 Å². The molecule has 0 spiro atoms. The number of ether oxygens (including phenoxy) is 1. The van der Waals surface area contributed by atoms with E-state index in [1.165, 1.54) is 5.56 Å². The average Bonchev–Trinajstić information content (AvgIpc) is 2.74. The van der Waals surface area contributed by atoms with E-state index in [2.05, 4.69) is 41.9 Å². The molecule has 0 saturated carbocycles. The smallest absolute Gasteiger partial charge is 0.409 e. The first-order chi connectivity index (χ1) is 14.0. The molecule has 2 amide bonds. The van der Waals surface area contributed by atoms with Crippen LogP contribution in [0.5, 0.6) is 0 Å². The lowest BCUT2D eigenvalue weighted by molar-refractivity contribution is 0.0566. The van der Waals surface area contributed by atoms with E-state index >= 15 is 0 Å². The first kappa shape index (κ1) is 20.6. The van der Waals surface area contributed by atoms with E-state index in [4.69, 9.17) is 4.74 Å². The Labute approximate surface area is 171 Å². The molecule has 3 rings (SSSR count). The van der Waals surface area contributed by atoms with Crippen LogP contribution in [-0.4, -0.2) is 66.1 Å². The van der Waals surface area contributed by atoms with Crippen molar-refractivity contribution in [3.8, 4) is 0 Å². The van der Waals surface area contributed by atoms with Crippen molar-refractivity contribution in [2.24, 2.45) is 0 Å². The first-order valence-electron chi connectivity index (χ1n) is 10.0. The summed E-state index contributed by atoms with van der Waals surface area (Å²) in [4.78, 5) is 34.6. The van der Waals surface area contributed by atoms with Gasteiger partial charge in [-0.3, -0.25) is 9.78 Å². The van der Waals surface area contributed by atoms with Crippen molar-refractivity contribution in [1.29, 1.82) is 0 Å². The second-order valence-corrected chi connectivity index (χ2v) is 6.96. The number of carbonyl (C=O) groups excluding carboxylic acids is 2. The van der Waals surface area contributed by atoms with Crippen LogP contribution >= 0.6 is 0 Å². The molecular weight excluding hydrogens is 368 g/mol. The number of aryl methyl sites for hydroxylation is 1. The topological polar surface area (TPSA) is 66.0 Å². The van der Waals surface area contributed by atoms with Gasteiger partial charge >= 0.3 is 6.09 Å². The van der Waals surface area contributed by atoms with Crippen LogP contribution in [0.4, 0.5) is 16.2 Å². The molecule has 1 aromatic heterocycles. The zero-order valence-electron chi connectivity index (χ0n) is 17.3. The van der Waals surface area contributed by atoms with E-state index in [1.807, 2.05) is 18.2 Å². The van der Waals surface area contributed by atoms with E-state index in [0.717, 1.165) is 17.9 Å². The maximum Gasteiger partial charge on any atom is 0.409 e. The predicted molar refractivity (Wildman–Crippen MR) is 113 cm³/mol. The number of rotatable bonds is 5. The van der Waals surface area contributed by atoms with Gasteiger partial charge in [0.1, 0.15) is 5.69 Å². The van der Waals surface area contributed by atoms with Gasteiger partial charge in [0.2, 0.25) is 0 Å². The lowest BCUT2D eigenvalue weighted by Gasteiger charge is -2.34. The molecular formula is C22H28N4O3. The first-order valence-corrected chi connectivity index (χ1v) is 10.0. The molecule has 0 bridgehead atoms. The van der Waals surface area contributed by atoms with Crippen LogP contribution in [0.1, 0.15) is 29.9 Å². The molecule has 2 heterocycles. The third kappa shape index (κ3) is 4.85. The van der Waals surface area contributed by atoms with Crippen molar-refractivity contribution in [2.45, 2.75) is 20.8 Å². The summed E-state index contributed by atoms with van der Waals surface area (Å²) in [6.07, 6.45) is 1.35. The third-order valence-corrected chi connectivity index (χ3v) is 5.00. The molecule has 0 radical (unpaired) electrons. The maximum absolute atomic E-state index is 13.0. The normalized spacial score (nSPS) is 13.9. The van der Waals surface area contributed by atoms with E-state index < -0.39 is 0 Å². The van der Waals surface area contributed by atoms with Gasteiger partial charge < -0.3 is 19.4 Å². The molecule has 154 valence electrons. The number of aromatic nitrogens is 1. The maximum atomic E-state index is 13.0. The minimum Gasteiger partial charge on any atom is -0.450 e. The van der Waals surface area contributed by atoms with Gasteiger partial charge in [0.25, 0.3) is 5.91 Å². The molecule has 1 aliphatic heterocycles. The zero-order valence-corrected chi connectivity index (χ0v) is 17.3. The van der Waals surface area contributed by atoms with Crippen LogP contribution in [0.2, 0.25) is 0 Å². The second-order valence-electron chi connectivity index (χ2n) is 6.96. The Kier molecular flexibility index (Phi) is 6.69. The van der Waals surface area contributed by atoms with Crippen molar-refractivity contribution in [3.05, 3.63) is 53.9 Å². The molecule has 1 aliphatic rings. The Balaban J connectivity index is 1.72. The summed E-state index contributed by atoms with van der Waals surface area (Å²) >= 11 is 0. The molecule has 7 nitrogen and oxygen atoms in total. The molecule has 1 fully saturated rings. The van der Waals surface area contributed by atoms with Crippen molar-refractivity contribution < 1.29 is 14.3 Å². The number of benzene rings is 1. The fourth-order valence-electron chi connectivity index (χ4n) is 3.48. The number of carbonyl (C=O) groups is 2. The fourth-order valence-corrected chi connectivity index (χ4v) is 3.48. The Morgan fingerprint density at radius 3 is 2.38 bits per heavy atom. The summed E-state index contributed by atoms with van der Waals surface area (Å²) in [5.41, 5.74) is 3.62. The quantitative estimate of drug-likeness (QED) is 0.774. The highest BCUT2D eigenvalue weighted by Gasteiger charge is 2.26. The van der Waals surface area contributed by atoms with E-state index in [1.54, 1.807) is 22.9 Å². The molecule has 0 unspecified atom stereocenters. The molecule has 2 aromatic rings. The van der Waals surface area contributed by atoms with Gasteiger partial charge in [0, 0.05) is 50.3 Å². The molecule has 1 aromatic carbocycles. The highest BCUT2D eigenvalue weighted by Crippen LogP contribution is 2.26. The van der Waals surface area contributed by atoms with Gasteiger partial charge in [-0.05, 0) is 50.6 Å². The van der Waals surface area contributed by atoms with Crippen molar-refractivity contribution in [1.82, 2.24) is 14.8 Å². The number of anilines is 2. The van der Waals surface area contributed by atoms with Crippen LogP contribution in [0.25, 0.3) is 0 Å². The largest absolute Gasteiger partial charge is 0.450 e. The Morgan fingerprint density at radius 2 is 1.72 bits per heavy atom. The SMILES string of the molecule is CCOC(=O)N1CCN(C(=O)c2cc(N(CC)c3cccc(C)c3)ccn2)CC1. The summed E-state index contributed by atoms with van der Waals surface area (Å²) < 4.78 is 5.03. The Morgan fingerprint density at radius 1 is 1.03 bits per heavy atom. The number of hydrogen-bond donors (Lipinski definition) is 0. The predicted octanol–water partition coefficient (Wildman–Crippen LogP) is 3.46. The van der Waals surface area contributed by atoms with E-state index in [-0.39, 0.29) is 12.0 Å². The monoisotopic (exact) mass is 396 g/mol. The molecule has 7 heteroatoms. The molecule has 0 aliphatic carbocycles. The van der Waals surface area contributed by atoms with Gasteiger partial charge in [-0.1, -0.05) is 12.1 Å². The lowest BCUT2D eigenvalue weighted by Crippen LogP contribution is -2.50. The summed E-state index contributed by atoms with van der Waals surface area (Å²) in [7, 11) is 0. The van der Waals surface area contributed by atoms with Crippen molar-refractivity contribution in [2.75, 3.05) is 44.2 Å². The van der Waals surface area contributed by atoms with Gasteiger partial charge in [-0.2, -0.15) is 0 Å². The number of hydrogen-bond acceptors (Lipinski definition) is 5. The van der Waals surface area contributed by atoms with Gasteiger partial charge in [0.05, 0.1) is 6.61 Å². The molecule has 1 saturated heterocycles. The number of pyridine rings is 1. The fraction of sp³-hybridized carbons (Fsp3) is 0.409. The third-order valence-electron chi connectivity index (χ3n) is 5.00. The summed E-state index contributed by atoms with van der Waals surface area (Å²) in [6.45, 7) is 8.93. The van der Waals surface area contributed by atoms with Gasteiger partial charge in [-0.25, -0.2) is 4.79 Å². The number of nitrogens with zero attached hydrogens (tertiary/aromatic N) is 4. The zero-order chi connectivity index (χ0) is 20.8. The Hall–Kier alpha value is -3.09. The standard InChI is InChI=1S/C22H28N4O3/c1-4-26(18-8-6-7-17(3)15-18)19-9-10-23-20(16-19)21(27)24-11-13-25(14-12-24)22(28)29-5-2/h6-10,15-16H,4-5,11-14H2,1-3H3. The summed E-state index contributed by atoms with van der Waals surface area (Å²) in [6, 6.07) is 12.0. The average molecular weight is 396 g/mol.